The molecule has 1 amide bonds. The van der Waals surface area contributed by atoms with E-state index in [0.717, 1.165) is 28.6 Å². The van der Waals surface area contributed by atoms with Gasteiger partial charge in [-0.1, -0.05) is 25.1 Å². The maximum atomic E-state index is 12.1. The van der Waals surface area contributed by atoms with Gasteiger partial charge in [-0.15, -0.1) is 0 Å². The lowest BCUT2D eigenvalue weighted by atomic mass is 10.1. The standard InChI is InChI=1S/C20H18N4O/c1-12-7-16(12)20(25)23-19-9-14-8-17(24(2)18(14)11-22-19)15-6-4-3-5-13(15)10-21/h3-6,8-9,11-12,16H,7H2,1-2H3,(H,22,23,25). The van der Waals surface area contributed by atoms with Crippen molar-refractivity contribution >= 4 is 22.6 Å². The molecule has 1 fully saturated rings. The van der Waals surface area contributed by atoms with Gasteiger partial charge in [-0.2, -0.15) is 5.26 Å². The van der Waals surface area contributed by atoms with Crippen molar-refractivity contribution in [1.82, 2.24) is 9.55 Å². The predicted octanol–water partition coefficient (Wildman–Crippen LogP) is 3.71. The molecule has 1 aromatic carbocycles. The third-order valence-electron chi connectivity index (χ3n) is 4.95. The fourth-order valence-corrected chi connectivity index (χ4v) is 3.27. The van der Waals surface area contributed by atoms with E-state index in [1.54, 1.807) is 6.20 Å². The number of carbonyl (C=O) groups is 1. The molecule has 2 aromatic heterocycles. The van der Waals surface area contributed by atoms with E-state index < -0.39 is 0 Å². The largest absolute Gasteiger partial charge is 0.342 e. The lowest BCUT2D eigenvalue weighted by Crippen LogP contribution is -2.15. The van der Waals surface area contributed by atoms with E-state index in [1.807, 2.05) is 48.0 Å². The molecule has 2 atom stereocenters. The van der Waals surface area contributed by atoms with E-state index in [4.69, 9.17) is 0 Å². The third-order valence-corrected chi connectivity index (χ3v) is 4.95. The number of hydrogen-bond acceptors (Lipinski definition) is 3. The Morgan fingerprint density at radius 3 is 2.84 bits per heavy atom. The first-order valence-electron chi connectivity index (χ1n) is 8.34. The van der Waals surface area contributed by atoms with Gasteiger partial charge in [0.05, 0.1) is 29.0 Å². The number of aromatic nitrogens is 2. The van der Waals surface area contributed by atoms with Crippen molar-refractivity contribution in [2.75, 3.05) is 5.32 Å². The van der Waals surface area contributed by atoms with Crippen molar-refractivity contribution in [1.29, 1.82) is 5.26 Å². The summed E-state index contributed by atoms with van der Waals surface area (Å²) in [5, 5.41) is 13.2. The smallest absolute Gasteiger partial charge is 0.228 e. The minimum atomic E-state index is 0.0466. The lowest BCUT2D eigenvalue weighted by molar-refractivity contribution is -0.117. The summed E-state index contributed by atoms with van der Waals surface area (Å²) in [6, 6.07) is 13.7. The topological polar surface area (TPSA) is 70.7 Å². The molecule has 0 radical (unpaired) electrons. The molecule has 0 aliphatic heterocycles. The first kappa shape index (κ1) is 15.4. The Morgan fingerprint density at radius 1 is 1.36 bits per heavy atom. The first-order valence-corrected chi connectivity index (χ1v) is 8.34. The number of nitrogens with zero attached hydrogens (tertiary/aromatic N) is 3. The number of pyridine rings is 1. The van der Waals surface area contributed by atoms with Crippen LogP contribution in [0.1, 0.15) is 18.9 Å². The Kier molecular flexibility index (Phi) is 3.54. The van der Waals surface area contributed by atoms with Crippen LogP contribution in [0.25, 0.3) is 22.2 Å². The fraction of sp³-hybridized carbons (Fsp3) is 0.250. The van der Waals surface area contributed by atoms with Crippen LogP contribution in [0.5, 0.6) is 0 Å². The quantitative estimate of drug-likeness (QED) is 0.796. The monoisotopic (exact) mass is 330 g/mol. The van der Waals surface area contributed by atoms with Crippen LogP contribution in [0.4, 0.5) is 5.82 Å². The van der Waals surface area contributed by atoms with Gasteiger partial charge in [-0.3, -0.25) is 4.79 Å². The summed E-state index contributed by atoms with van der Waals surface area (Å²) in [4.78, 5) is 16.5. The predicted molar refractivity (Wildman–Crippen MR) is 96.8 cm³/mol. The van der Waals surface area contributed by atoms with Crippen molar-refractivity contribution in [2.24, 2.45) is 18.9 Å². The van der Waals surface area contributed by atoms with E-state index in [-0.39, 0.29) is 11.8 Å². The van der Waals surface area contributed by atoms with Crippen molar-refractivity contribution in [3.05, 3.63) is 48.2 Å². The zero-order valence-electron chi connectivity index (χ0n) is 14.2. The highest BCUT2D eigenvalue weighted by Crippen LogP contribution is 2.38. The summed E-state index contributed by atoms with van der Waals surface area (Å²) in [5.74, 6) is 1.20. The van der Waals surface area contributed by atoms with Gasteiger partial charge in [-0.25, -0.2) is 4.98 Å². The molecule has 3 aromatic rings. The van der Waals surface area contributed by atoms with E-state index in [1.165, 1.54) is 0 Å². The zero-order chi connectivity index (χ0) is 17.6. The Balaban J connectivity index is 1.72. The maximum absolute atomic E-state index is 12.1. The van der Waals surface area contributed by atoms with Crippen molar-refractivity contribution < 1.29 is 4.79 Å². The number of aryl methyl sites for hydroxylation is 1. The molecule has 0 spiro atoms. The average Bonchev–Trinajstić information content (AvgIpc) is 3.27. The highest BCUT2D eigenvalue weighted by molar-refractivity contribution is 5.96. The molecule has 124 valence electrons. The molecule has 2 unspecified atom stereocenters. The second kappa shape index (κ2) is 5.75. The van der Waals surface area contributed by atoms with E-state index >= 15 is 0 Å². The maximum Gasteiger partial charge on any atom is 0.228 e. The van der Waals surface area contributed by atoms with Gasteiger partial charge in [0.15, 0.2) is 0 Å². The van der Waals surface area contributed by atoms with Gasteiger partial charge < -0.3 is 9.88 Å². The summed E-state index contributed by atoms with van der Waals surface area (Å²) in [6.07, 6.45) is 2.72. The molecule has 25 heavy (non-hydrogen) atoms. The van der Waals surface area contributed by atoms with E-state index in [2.05, 4.69) is 23.3 Å². The number of hydrogen-bond donors (Lipinski definition) is 1. The summed E-state index contributed by atoms with van der Waals surface area (Å²) >= 11 is 0. The summed E-state index contributed by atoms with van der Waals surface area (Å²) < 4.78 is 2.02. The van der Waals surface area contributed by atoms with Gasteiger partial charge in [0.1, 0.15) is 5.82 Å². The molecule has 5 nitrogen and oxygen atoms in total. The SMILES string of the molecule is CC1CC1C(=O)Nc1cc2cc(-c3ccccc3C#N)n(C)c2cn1. The van der Waals surface area contributed by atoms with Gasteiger partial charge in [0.2, 0.25) is 5.91 Å². The highest BCUT2D eigenvalue weighted by Gasteiger charge is 2.39. The van der Waals surface area contributed by atoms with Crippen LogP contribution >= 0.6 is 0 Å². The second-order valence-electron chi connectivity index (χ2n) is 6.68. The van der Waals surface area contributed by atoms with Crippen LogP contribution in [0.2, 0.25) is 0 Å². The van der Waals surface area contributed by atoms with E-state index in [9.17, 15) is 10.1 Å². The Labute approximate surface area is 145 Å². The highest BCUT2D eigenvalue weighted by atomic mass is 16.2. The van der Waals surface area contributed by atoms with Gasteiger partial charge in [0, 0.05) is 23.9 Å². The molecule has 5 heteroatoms. The molecule has 1 aliphatic rings. The number of nitrogens with one attached hydrogen (secondary N) is 1. The normalized spacial score (nSPS) is 18.8. The van der Waals surface area contributed by atoms with Gasteiger partial charge in [-0.05, 0) is 30.5 Å². The number of anilines is 1. The fourth-order valence-electron chi connectivity index (χ4n) is 3.27. The van der Waals surface area contributed by atoms with Crippen LogP contribution in [0.15, 0.2) is 42.6 Å². The van der Waals surface area contributed by atoms with Crippen LogP contribution in [0, 0.1) is 23.2 Å². The lowest BCUT2D eigenvalue weighted by Gasteiger charge is -2.06. The molecule has 2 heterocycles. The number of carbonyl (C=O) groups excluding carboxylic acids is 1. The Hall–Kier alpha value is -3.13. The average molecular weight is 330 g/mol. The number of amides is 1. The third kappa shape index (κ3) is 2.66. The number of nitriles is 1. The van der Waals surface area contributed by atoms with Crippen molar-refractivity contribution in [3.8, 4) is 17.3 Å². The first-order chi connectivity index (χ1) is 12.1. The summed E-state index contributed by atoms with van der Waals surface area (Å²) in [5.41, 5.74) is 3.44. The van der Waals surface area contributed by atoms with Crippen LogP contribution in [-0.4, -0.2) is 15.5 Å². The summed E-state index contributed by atoms with van der Waals surface area (Å²) in [6.45, 7) is 2.08. The minimum absolute atomic E-state index is 0.0466. The van der Waals surface area contributed by atoms with Crippen LogP contribution in [0.3, 0.4) is 0 Å². The molecule has 0 bridgehead atoms. The molecule has 4 rings (SSSR count). The second-order valence-corrected chi connectivity index (χ2v) is 6.68. The molecular formula is C20H18N4O. The molecule has 1 aliphatic carbocycles. The molecule has 0 saturated heterocycles. The van der Waals surface area contributed by atoms with Gasteiger partial charge >= 0.3 is 0 Å². The number of fused-ring (bicyclic) bond motifs is 1. The molecule has 1 N–H and O–H groups in total. The number of rotatable bonds is 3. The zero-order valence-corrected chi connectivity index (χ0v) is 14.2. The van der Waals surface area contributed by atoms with Gasteiger partial charge in [0.25, 0.3) is 0 Å². The van der Waals surface area contributed by atoms with Crippen LogP contribution in [-0.2, 0) is 11.8 Å². The van der Waals surface area contributed by atoms with Crippen molar-refractivity contribution in [2.45, 2.75) is 13.3 Å². The van der Waals surface area contributed by atoms with Crippen molar-refractivity contribution in [3.63, 3.8) is 0 Å². The van der Waals surface area contributed by atoms with E-state index in [0.29, 0.717) is 17.3 Å². The molecular weight excluding hydrogens is 312 g/mol. The Morgan fingerprint density at radius 2 is 2.12 bits per heavy atom. The van der Waals surface area contributed by atoms with Crippen LogP contribution < -0.4 is 5.32 Å². The molecule has 1 saturated carbocycles. The number of benzene rings is 1. The Bertz CT molecular complexity index is 1030. The summed E-state index contributed by atoms with van der Waals surface area (Å²) in [7, 11) is 1.96. The minimum Gasteiger partial charge on any atom is -0.342 e.